The summed E-state index contributed by atoms with van der Waals surface area (Å²) in [5.74, 6) is -1.74. The van der Waals surface area contributed by atoms with Crippen LogP contribution in [0.1, 0.15) is 47.2 Å². The first-order valence-corrected chi connectivity index (χ1v) is 9.63. The van der Waals surface area contributed by atoms with E-state index in [9.17, 15) is 19.2 Å². The van der Waals surface area contributed by atoms with E-state index in [1.165, 1.54) is 22.6 Å². The van der Waals surface area contributed by atoms with Crippen molar-refractivity contribution in [2.24, 2.45) is 0 Å². The molecule has 1 amide bonds. The van der Waals surface area contributed by atoms with Crippen molar-refractivity contribution in [3.05, 3.63) is 18.2 Å². The van der Waals surface area contributed by atoms with Crippen molar-refractivity contribution in [2.45, 2.75) is 71.8 Å². The number of imidazole rings is 1. The first kappa shape index (κ1) is 23.4. The van der Waals surface area contributed by atoms with Crippen LogP contribution in [0.4, 0.5) is 4.79 Å². The molecule has 1 aromatic heterocycles. The Morgan fingerprint density at radius 1 is 1.07 bits per heavy atom. The number of hydrogen-bond donors (Lipinski definition) is 0. The molecule has 0 N–H and O–H groups in total. The van der Waals surface area contributed by atoms with Crippen LogP contribution in [0.2, 0.25) is 0 Å². The van der Waals surface area contributed by atoms with E-state index in [1.807, 2.05) is 0 Å². The lowest BCUT2D eigenvalue weighted by atomic mass is 10.1. The highest BCUT2D eigenvalue weighted by atomic mass is 16.6. The molecule has 166 valence electrons. The average molecular weight is 424 g/mol. The summed E-state index contributed by atoms with van der Waals surface area (Å²) in [6.07, 6.45) is 3.17. The first-order chi connectivity index (χ1) is 13.7. The highest BCUT2D eigenvalue weighted by molar-refractivity contribution is 5.90. The highest BCUT2D eigenvalue weighted by Crippen LogP contribution is 2.19. The maximum absolute atomic E-state index is 13.0. The second-order valence-electron chi connectivity index (χ2n) is 9.10. The van der Waals surface area contributed by atoms with Crippen LogP contribution in [0.25, 0.3) is 0 Å². The number of esters is 3. The molecule has 1 aliphatic rings. The number of nitrogens with zero attached hydrogens (tertiary/aromatic N) is 3. The number of carbonyl (C=O) groups excluding carboxylic acids is 4. The highest BCUT2D eigenvalue weighted by Gasteiger charge is 2.43. The molecule has 1 aliphatic heterocycles. The summed E-state index contributed by atoms with van der Waals surface area (Å²) in [5.41, 5.74) is -0.849. The summed E-state index contributed by atoms with van der Waals surface area (Å²) in [4.78, 5) is 50.8. The standard InChI is InChI=1S/C20H30N3O7/c1-19(2,3)29-15(24)10-21-9-13-8-14(17(26)28-7)22(18(27)23(13)12-21)11-16(25)30-20(4,5)6/h9,12,14H,8,10-11H2,1-7H3/q+1. The number of carbonyl (C=O) groups is 4. The van der Waals surface area contributed by atoms with Gasteiger partial charge in [0.25, 0.3) is 6.33 Å². The van der Waals surface area contributed by atoms with Gasteiger partial charge in [0.1, 0.15) is 30.0 Å². The lowest BCUT2D eigenvalue weighted by Crippen LogP contribution is -2.54. The zero-order valence-electron chi connectivity index (χ0n) is 18.6. The summed E-state index contributed by atoms with van der Waals surface area (Å²) in [6.45, 7) is 9.93. The van der Waals surface area contributed by atoms with Gasteiger partial charge in [0.05, 0.1) is 7.11 Å². The third-order valence-corrected chi connectivity index (χ3v) is 4.04. The molecule has 0 radical (unpaired) electrons. The molecule has 2 heterocycles. The van der Waals surface area contributed by atoms with Crippen molar-refractivity contribution in [3.8, 4) is 0 Å². The van der Waals surface area contributed by atoms with Gasteiger partial charge in [-0.1, -0.05) is 0 Å². The fourth-order valence-corrected chi connectivity index (χ4v) is 3.06. The number of aromatic nitrogens is 2. The Bertz CT molecular complexity index is 846. The molecule has 0 bridgehead atoms. The maximum Gasteiger partial charge on any atom is 0.417 e. The Labute approximate surface area is 175 Å². The normalized spacial score (nSPS) is 16.7. The van der Waals surface area contributed by atoms with Crippen molar-refractivity contribution in [2.75, 3.05) is 13.7 Å². The van der Waals surface area contributed by atoms with Crippen molar-refractivity contribution < 1.29 is 38.0 Å². The van der Waals surface area contributed by atoms with Crippen LogP contribution in [0.5, 0.6) is 0 Å². The molecule has 0 spiro atoms. The Kier molecular flexibility index (Phi) is 6.58. The summed E-state index contributed by atoms with van der Waals surface area (Å²) in [7, 11) is 1.22. The van der Waals surface area contributed by atoms with Crippen LogP contribution in [-0.2, 0) is 41.6 Å². The predicted molar refractivity (Wildman–Crippen MR) is 103 cm³/mol. The summed E-state index contributed by atoms with van der Waals surface area (Å²) < 4.78 is 18.2. The third kappa shape index (κ3) is 6.04. The molecule has 0 saturated heterocycles. The number of rotatable bonds is 5. The molecule has 1 aromatic rings. The summed E-state index contributed by atoms with van der Waals surface area (Å²) in [6, 6.07) is -1.56. The molecule has 1 atom stereocenters. The van der Waals surface area contributed by atoms with Gasteiger partial charge in [-0.05, 0) is 41.5 Å². The van der Waals surface area contributed by atoms with Gasteiger partial charge in [-0.2, -0.15) is 0 Å². The minimum Gasteiger partial charge on any atom is -0.467 e. The van der Waals surface area contributed by atoms with Gasteiger partial charge >= 0.3 is 23.9 Å². The van der Waals surface area contributed by atoms with E-state index in [1.54, 1.807) is 47.7 Å². The molecule has 30 heavy (non-hydrogen) atoms. The molecule has 10 heteroatoms. The maximum atomic E-state index is 13.0. The quantitative estimate of drug-likeness (QED) is 0.391. The fraction of sp³-hybridized carbons (Fsp3) is 0.650. The van der Waals surface area contributed by atoms with Crippen LogP contribution >= 0.6 is 0 Å². The van der Waals surface area contributed by atoms with E-state index in [2.05, 4.69) is 0 Å². The van der Waals surface area contributed by atoms with Gasteiger partial charge in [0.2, 0.25) is 0 Å². The predicted octanol–water partition coefficient (Wildman–Crippen LogP) is 0.827. The van der Waals surface area contributed by atoms with Crippen LogP contribution in [0, 0.1) is 0 Å². The average Bonchev–Trinajstić information content (AvgIpc) is 2.95. The second-order valence-corrected chi connectivity index (χ2v) is 9.10. The largest absolute Gasteiger partial charge is 0.467 e. The summed E-state index contributed by atoms with van der Waals surface area (Å²) in [5, 5.41) is 0. The minimum atomic E-state index is -0.979. The molecule has 0 aromatic carbocycles. The van der Waals surface area contributed by atoms with E-state index >= 15 is 0 Å². The first-order valence-electron chi connectivity index (χ1n) is 9.63. The van der Waals surface area contributed by atoms with Crippen molar-refractivity contribution in [1.82, 2.24) is 9.47 Å². The van der Waals surface area contributed by atoms with Gasteiger partial charge in [0.15, 0.2) is 12.2 Å². The molecular weight excluding hydrogens is 394 g/mol. The summed E-state index contributed by atoms with van der Waals surface area (Å²) >= 11 is 0. The number of fused-ring (bicyclic) bond motifs is 1. The smallest absolute Gasteiger partial charge is 0.417 e. The topological polar surface area (TPSA) is 108 Å². The molecule has 0 saturated carbocycles. The van der Waals surface area contributed by atoms with E-state index in [4.69, 9.17) is 14.2 Å². The lowest BCUT2D eigenvalue weighted by molar-refractivity contribution is -0.685. The minimum absolute atomic E-state index is 0.0977. The van der Waals surface area contributed by atoms with Gasteiger partial charge in [-0.15, -0.1) is 4.57 Å². The van der Waals surface area contributed by atoms with Gasteiger partial charge < -0.3 is 14.2 Å². The monoisotopic (exact) mass is 424 g/mol. The van der Waals surface area contributed by atoms with Crippen molar-refractivity contribution >= 4 is 23.9 Å². The Morgan fingerprint density at radius 3 is 2.17 bits per heavy atom. The van der Waals surface area contributed by atoms with Gasteiger partial charge in [0, 0.05) is 6.42 Å². The number of ether oxygens (including phenoxy) is 3. The molecule has 0 aliphatic carbocycles. The SMILES string of the molecule is COC(=O)C1Cc2c[n+](CC(=O)OC(C)(C)C)cn2C(=O)N1CC(=O)OC(C)(C)C. The van der Waals surface area contributed by atoms with Gasteiger partial charge in [-0.3, -0.25) is 9.69 Å². The van der Waals surface area contributed by atoms with Crippen LogP contribution in [-0.4, -0.2) is 64.3 Å². The number of methoxy groups -OCH3 is 1. The van der Waals surface area contributed by atoms with Crippen LogP contribution < -0.4 is 4.57 Å². The molecule has 1 unspecified atom stereocenters. The second kappa shape index (κ2) is 8.45. The zero-order valence-corrected chi connectivity index (χ0v) is 18.6. The zero-order chi connectivity index (χ0) is 22.9. The number of hydrogen-bond acceptors (Lipinski definition) is 7. The van der Waals surface area contributed by atoms with Crippen LogP contribution in [0.15, 0.2) is 12.5 Å². The van der Waals surface area contributed by atoms with E-state index in [0.717, 1.165) is 4.90 Å². The molecule has 0 fully saturated rings. The van der Waals surface area contributed by atoms with E-state index < -0.39 is 47.7 Å². The number of amides is 1. The fourth-order valence-electron chi connectivity index (χ4n) is 3.06. The Hall–Kier alpha value is -2.91. The van der Waals surface area contributed by atoms with Gasteiger partial charge in [-0.25, -0.2) is 19.0 Å². The van der Waals surface area contributed by atoms with E-state index in [-0.39, 0.29) is 13.0 Å². The molecule has 10 nitrogen and oxygen atoms in total. The van der Waals surface area contributed by atoms with Crippen molar-refractivity contribution in [3.63, 3.8) is 0 Å². The van der Waals surface area contributed by atoms with Crippen LogP contribution in [0.3, 0.4) is 0 Å². The van der Waals surface area contributed by atoms with E-state index in [0.29, 0.717) is 5.69 Å². The Balaban J connectivity index is 2.26. The lowest BCUT2D eigenvalue weighted by Gasteiger charge is -2.31. The molecule has 2 rings (SSSR count). The van der Waals surface area contributed by atoms with Crippen molar-refractivity contribution in [1.29, 1.82) is 0 Å². The molecular formula is C20H30N3O7+. The Morgan fingerprint density at radius 2 is 1.63 bits per heavy atom. The third-order valence-electron chi connectivity index (χ3n) is 4.04.